The van der Waals surface area contributed by atoms with Crippen molar-refractivity contribution < 1.29 is 9.53 Å². The Morgan fingerprint density at radius 1 is 1.14 bits per heavy atom. The van der Waals surface area contributed by atoms with Gasteiger partial charge in [-0.1, -0.05) is 18.2 Å². The van der Waals surface area contributed by atoms with Crippen LogP contribution in [-0.2, 0) is 5.88 Å². The maximum atomic E-state index is 12.2. The zero-order valence-electron chi connectivity index (χ0n) is 12.1. The summed E-state index contributed by atoms with van der Waals surface area (Å²) in [5.41, 5.74) is 2.21. The molecule has 0 aliphatic rings. The third-order valence-corrected chi connectivity index (χ3v) is 3.19. The Labute approximate surface area is 129 Å². The van der Waals surface area contributed by atoms with Crippen molar-refractivity contribution in [3.05, 3.63) is 59.7 Å². The van der Waals surface area contributed by atoms with E-state index in [1.54, 1.807) is 24.3 Å². The van der Waals surface area contributed by atoms with Crippen molar-refractivity contribution in [2.75, 3.05) is 5.32 Å². The standard InChI is InChI=1S/C17H18ClNO2/c1-12(2)21-15-9-7-13(8-10-15)17(20)19-16-6-4-3-5-14(16)11-18/h3-10,12H,11H2,1-2H3,(H,19,20). The zero-order chi connectivity index (χ0) is 15.2. The highest BCUT2D eigenvalue weighted by Crippen LogP contribution is 2.19. The van der Waals surface area contributed by atoms with Crippen LogP contribution in [0.1, 0.15) is 29.8 Å². The SMILES string of the molecule is CC(C)Oc1ccc(C(=O)Nc2ccccc2CCl)cc1. The summed E-state index contributed by atoms with van der Waals surface area (Å²) >= 11 is 5.86. The predicted octanol–water partition coefficient (Wildman–Crippen LogP) is 4.46. The minimum absolute atomic E-state index is 0.111. The predicted molar refractivity (Wildman–Crippen MR) is 86.2 cm³/mol. The van der Waals surface area contributed by atoms with Crippen LogP contribution in [-0.4, -0.2) is 12.0 Å². The molecule has 1 N–H and O–H groups in total. The van der Waals surface area contributed by atoms with E-state index >= 15 is 0 Å². The number of rotatable bonds is 5. The quantitative estimate of drug-likeness (QED) is 0.828. The fourth-order valence-electron chi connectivity index (χ4n) is 1.91. The number of hydrogen-bond acceptors (Lipinski definition) is 2. The number of nitrogens with one attached hydrogen (secondary N) is 1. The molecule has 0 unspecified atom stereocenters. The smallest absolute Gasteiger partial charge is 0.255 e. The second kappa shape index (κ2) is 7.14. The summed E-state index contributed by atoms with van der Waals surface area (Å²) in [4.78, 5) is 12.2. The molecule has 2 aromatic carbocycles. The maximum absolute atomic E-state index is 12.2. The largest absolute Gasteiger partial charge is 0.491 e. The fourth-order valence-corrected chi connectivity index (χ4v) is 2.14. The maximum Gasteiger partial charge on any atom is 0.255 e. The molecule has 0 radical (unpaired) electrons. The number of carbonyl (C=O) groups excluding carboxylic acids is 1. The molecule has 0 bridgehead atoms. The van der Waals surface area contributed by atoms with Gasteiger partial charge in [0.1, 0.15) is 5.75 Å². The van der Waals surface area contributed by atoms with E-state index in [2.05, 4.69) is 5.32 Å². The molecule has 0 aliphatic heterocycles. The Hall–Kier alpha value is -2.00. The summed E-state index contributed by atoms with van der Waals surface area (Å²) < 4.78 is 5.55. The molecule has 0 aromatic heterocycles. The second-order valence-electron chi connectivity index (χ2n) is 4.94. The van der Waals surface area contributed by atoms with Gasteiger partial charge in [0.05, 0.1) is 6.10 Å². The molecule has 0 saturated carbocycles. The average Bonchev–Trinajstić information content (AvgIpc) is 2.48. The Balaban J connectivity index is 2.09. The van der Waals surface area contributed by atoms with Crippen molar-refractivity contribution >= 4 is 23.2 Å². The Morgan fingerprint density at radius 3 is 2.43 bits per heavy atom. The summed E-state index contributed by atoms with van der Waals surface area (Å²) in [5.74, 6) is 0.948. The van der Waals surface area contributed by atoms with Crippen LogP contribution >= 0.6 is 11.6 Å². The van der Waals surface area contributed by atoms with Gasteiger partial charge in [-0.15, -0.1) is 11.6 Å². The van der Waals surface area contributed by atoms with Crippen molar-refractivity contribution in [1.29, 1.82) is 0 Å². The number of halogens is 1. The van der Waals surface area contributed by atoms with Gasteiger partial charge in [0.15, 0.2) is 0 Å². The van der Waals surface area contributed by atoms with Crippen molar-refractivity contribution in [1.82, 2.24) is 0 Å². The molecule has 2 rings (SSSR count). The van der Waals surface area contributed by atoms with Crippen LogP contribution in [0.5, 0.6) is 5.75 Å². The molecule has 0 fully saturated rings. The first-order valence-electron chi connectivity index (χ1n) is 6.82. The van der Waals surface area contributed by atoms with Crippen LogP contribution in [0.3, 0.4) is 0 Å². The van der Waals surface area contributed by atoms with Crippen LogP contribution in [0, 0.1) is 0 Å². The summed E-state index contributed by atoms with van der Waals surface area (Å²) in [6.07, 6.45) is 0.111. The van der Waals surface area contributed by atoms with Gasteiger partial charge in [-0.25, -0.2) is 0 Å². The van der Waals surface area contributed by atoms with E-state index < -0.39 is 0 Å². The van der Waals surface area contributed by atoms with E-state index in [0.717, 1.165) is 17.0 Å². The van der Waals surface area contributed by atoms with E-state index in [1.807, 2.05) is 38.1 Å². The van der Waals surface area contributed by atoms with Crippen molar-refractivity contribution in [3.8, 4) is 5.75 Å². The normalized spacial score (nSPS) is 10.5. The third-order valence-electron chi connectivity index (χ3n) is 2.90. The molecule has 4 heteroatoms. The first-order valence-corrected chi connectivity index (χ1v) is 7.35. The molecular weight excluding hydrogens is 286 g/mol. The molecular formula is C17H18ClNO2. The molecule has 110 valence electrons. The van der Waals surface area contributed by atoms with Crippen LogP contribution in [0.25, 0.3) is 0 Å². The van der Waals surface area contributed by atoms with Gasteiger partial charge in [-0.2, -0.15) is 0 Å². The molecule has 0 atom stereocenters. The first kappa shape index (κ1) is 15.4. The molecule has 21 heavy (non-hydrogen) atoms. The average molecular weight is 304 g/mol. The number of alkyl halides is 1. The lowest BCUT2D eigenvalue weighted by atomic mass is 10.1. The van der Waals surface area contributed by atoms with Gasteiger partial charge >= 0.3 is 0 Å². The fraction of sp³-hybridized carbons (Fsp3) is 0.235. The topological polar surface area (TPSA) is 38.3 Å². The molecule has 0 heterocycles. The summed E-state index contributed by atoms with van der Waals surface area (Å²) in [6.45, 7) is 3.92. The third kappa shape index (κ3) is 4.23. The molecule has 0 saturated heterocycles. The van der Waals surface area contributed by atoms with E-state index in [1.165, 1.54) is 0 Å². The van der Waals surface area contributed by atoms with Gasteiger partial charge in [-0.05, 0) is 49.7 Å². The first-order chi connectivity index (χ1) is 10.1. The highest BCUT2D eigenvalue weighted by atomic mass is 35.5. The lowest BCUT2D eigenvalue weighted by Crippen LogP contribution is -2.13. The monoisotopic (exact) mass is 303 g/mol. The number of carbonyl (C=O) groups is 1. The van der Waals surface area contributed by atoms with E-state index in [9.17, 15) is 4.79 Å². The van der Waals surface area contributed by atoms with E-state index in [0.29, 0.717) is 11.4 Å². The van der Waals surface area contributed by atoms with Crippen molar-refractivity contribution in [3.63, 3.8) is 0 Å². The minimum Gasteiger partial charge on any atom is -0.491 e. The molecule has 0 spiro atoms. The van der Waals surface area contributed by atoms with E-state index in [-0.39, 0.29) is 12.0 Å². The number of benzene rings is 2. The van der Waals surface area contributed by atoms with E-state index in [4.69, 9.17) is 16.3 Å². The minimum atomic E-state index is -0.163. The highest BCUT2D eigenvalue weighted by Gasteiger charge is 2.09. The van der Waals surface area contributed by atoms with Crippen LogP contribution in [0.2, 0.25) is 0 Å². The van der Waals surface area contributed by atoms with Crippen LogP contribution in [0.4, 0.5) is 5.69 Å². The summed E-state index contributed by atoms with van der Waals surface area (Å²) in [7, 11) is 0. The Morgan fingerprint density at radius 2 is 1.81 bits per heavy atom. The number of ether oxygens (including phenoxy) is 1. The van der Waals surface area contributed by atoms with Crippen molar-refractivity contribution in [2.45, 2.75) is 25.8 Å². The van der Waals surface area contributed by atoms with Gasteiger partial charge in [0.25, 0.3) is 5.91 Å². The van der Waals surface area contributed by atoms with Gasteiger partial charge in [-0.3, -0.25) is 4.79 Å². The highest BCUT2D eigenvalue weighted by molar-refractivity contribution is 6.17. The number of para-hydroxylation sites is 1. The van der Waals surface area contributed by atoms with Gasteiger partial charge in [0.2, 0.25) is 0 Å². The molecule has 2 aromatic rings. The molecule has 1 amide bonds. The number of hydrogen-bond donors (Lipinski definition) is 1. The Kier molecular flexibility index (Phi) is 5.23. The lowest BCUT2D eigenvalue weighted by molar-refractivity contribution is 0.102. The van der Waals surface area contributed by atoms with Crippen LogP contribution < -0.4 is 10.1 Å². The number of amides is 1. The van der Waals surface area contributed by atoms with Crippen LogP contribution in [0.15, 0.2) is 48.5 Å². The Bertz CT molecular complexity index is 608. The molecule has 0 aliphatic carbocycles. The summed E-state index contributed by atoms with van der Waals surface area (Å²) in [6, 6.07) is 14.6. The van der Waals surface area contributed by atoms with Crippen molar-refractivity contribution in [2.24, 2.45) is 0 Å². The molecule has 3 nitrogen and oxygen atoms in total. The second-order valence-corrected chi connectivity index (χ2v) is 5.20. The zero-order valence-corrected chi connectivity index (χ0v) is 12.9. The van der Waals surface area contributed by atoms with Gasteiger partial charge in [0, 0.05) is 17.1 Å². The van der Waals surface area contributed by atoms with Gasteiger partial charge < -0.3 is 10.1 Å². The number of anilines is 1. The lowest BCUT2D eigenvalue weighted by Gasteiger charge is -2.11. The summed E-state index contributed by atoms with van der Waals surface area (Å²) in [5, 5.41) is 2.87.